The van der Waals surface area contributed by atoms with E-state index in [0.717, 1.165) is 26.1 Å². The van der Waals surface area contributed by atoms with Gasteiger partial charge in [-0.3, -0.25) is 19.3 Å². The number of aliphatic hydroxyl groups is 1. The number of carbonyl (C=O) groups is 3. The van der Waals surface area contributed by atoms with E-state index in [-0.39, 0.29) is 29.6 Å². The summed E-state index contributed by atoms with van der Waals surface area (Å²) < 4.78 is 4.79. The second-order valence-corrected chi connectivity index (χ2v) is 12.0. The number of morpholine rings is 1. The van der Waals surface area contributed by atoms with Crippen molar-refractivity contribution in [3.63, 3.8) is 0 Å². The van der Waals surface area contributed by atoms with E-state index in [9.17, 15) is 19.5 Å². The maximum absolute atomic E-state index is 14.3. The Morgan fingerprint density at radius 3 is 2.58 bits per heavy atom. The summed E-state index contributed by atoms with van der Waals surface area (Å²) in [7, 11) is 1.74. The summed E-state index contributed by atoms with van der Waals surface area (Å²) in [4.78, 5) is 49.0. The molecule has 10 heteroatoms. The predicted molar refractivity (Wildman–Crippen MR) is 139 cm³/mol. The van der Waals surface area contributed by atoms with E-state index in [1.165, 1.54) is 0 Å². The molecule has 0 aromatic heterocycles. The Balaban J connectivity index is 1.64. The van der Waals surface area contributed by atoms with Gasteiger partial charge in [-0.2, -0.15) is 0 Å². The van der Waals surface area contributed by atoms with Gasteiger partial charge < -0.3 is 24.5 Å². The second-order valence-electron chi connectivity index (χ2n) is 10.4. The van der Waals surface area contributed by atoms with Crippen molar-refractivity contribution in [2.75, 3.05) is 66.1 Å². The average Bonchev–Trinajstić information content (AvgIpc) is 3.53. The topological polar surface area (TPSA) is 93.6 Å². The number of fused-ring (bicyclic) bond motifs is 1. The van der Waals surface area contributed by atoms with Crippen molar-refractivity contribution in [3.8, 4) is 0 Å². The number of hydrogen-bond acceptors (Lipinski definition) is 7. The molecule has 200 valence electrons. The fourth-order valence-corrected chi connectivity index (χ4v) is 8.65. The van der Waals surface area contributed by atoms with Gasteiger partial charge in [0.05, 0.1) is 42.4 Å². The van der Waals surface area contributed by atoms with Gasteiger partial charge in [0.25, 0.3) is 0 Å². The highest BCUT2D eigenvalue weighted by Gasteiger charge is 2.74. The average molecular weight is 521 g/mol. The van der Waals surface area contributed by atoms with Gasteiger partial charge in [-0.1, -0.05) is 12.2 Å². The minimum absolute atomic E-state index is 0.0156. The Morgan fingerprint density at radius 1 is 1.25 bits per heavy atom. The molecule has 36 heavy (non-hydrogen) atoms. The SMILES string of the molecule is C=CCN(C)C(=O)[C@@H]1[C@H]2C(=O)N([C@H](C)CO)C(C(=O)N(CC=C)CCN3CCOCC3)C23CC[C@H]1S3. The Labute approximate surface area is 218 Å². The van der Waals surface area contributed by atoms with Gasteiger partial charge in [-0.05, 0) is 19.8 Å². The molecule has 4 heterocycles. The highest BCUT2D eigenvalue weighted by Crippen LogP contribution is 2.66. The number of rotatable bonds is 11. The van der Waals surface area contributed by atoms with Crippen LogP contribution in [0.3, 0.4) is 0 Å². The molecule has 4 saturated heterocycles. The number of carbonyl (C=O) groups excluding carboxylic acids is 3. The summed E-state index contributed by atoms with van der Waals surface area (Å²) in [6.45, 7) is 14.2. The van der Waals surface area contributed by atoms with Crippen molar-refractivity contribution in [1.82, 2.24) is 19.6 Å². The molecule has 1 N–H and O–H groups in total. The summed E-state index contributed by atoms with van der Waals surface area (Å²) in [5.74, 6) is -1.38. The van der Waals surface area contributed by atoms with Crippen LogP contribution in [-0.4, -0.2) is 131 Å². The lowest BCUT2D eigenvalue weighted by Crippen LogP contribution is -2.57. The molecule has 6 atom stereocenters. The number of thioether (sulfide) groups is 1. The summed E-state index contributed by atoms with van der Waals surface area (Å²) >= 11 is 1.66. The van der Waals surface area contributed by atoms with Crippen LogP contribution in [0.1, 0.15) is 19.8 Å². The van der Waals surface area contributed by atoms with E-state index in [1.54, 1.807) is 52.6 Å². The number of aliphatic hydroxyl groups excluding tert-OH is 1. The predicted octanol–water partition coefficient (Wildman–Crippen LogP) is 0.450. The van der Waals surface area contributed by atoms with Crippen molar-refractivity contribution < 1.29 is 24.2 Å². The van der Waals surface area contributed by atoms with E-state index in [1.807, 2.05) is 0 Å². The van der Waals surface area contributed by atoms with E-state index in [0.29, 0.717) is 39.3 Å². The summed E-state index contributed by atoms with van der Waals surface area (Å²) in [5, 5.41) is 10.1. The largest absolute Gasteiger partial charge is 0.394 e. The van der Waals surface area contributed by atoms with Crippen molar-refractivity contribution >= 4 is 29.5 Å². The molecule has 0 radical (unpaired) electrons. The first-order chi connectivity index (χ1) is 17.3. The number of ether oxygens (including phenoxy) is 1. The Kier molecular flexibility index (Phi) is 8.49. The smallest absolute Gasteiger partial charge is 0.247 e. The normalized spacial score (nSPS) is 32.3. The molecule has 4 aliphatic heterocycles. The van der Waals surface area contributed by atoms with Crippen LogP contribution >= 0.6 is 11.8 Å². The van der Waals surface area contributed by atoms with E-state index in [2.05, 4.69) is 18.1 Å². The van der Waals surface area contributed by atoms with Crippen molar-refractivity contribution in [1.29, 1.82) is 0 Å². The first kappa shape index (κ1) is 27.2. The van der Waals surface area contributed by atoms with Crippen LogP contribution in [0.15, 0.2) is 25.3 Å². The van der Waals surface area contributed by atoms with Gasteiger partial charge in [0, 0.05) is 51.6 Å². The molecule has 1 spiro atoms. The van der Waals surface area contributed by atoms with Crippen molar-refractivity contribution in [2.24, 2.45) is 11.8 Å². The van der Waals surface area contributed by atoms with Crippen LogP contribution in [0.2, 0.25) is 0 Å². The van der Waals surface area contributed by atoms with E-state index in [4.69, 9.17) is 4.74 Å². The van der Waals surface area contributed by atoms with Gasteiger partial charge in [0.1, 0.15) is 6.04 Å². The fourth-order valence-electron chi connectivity index (χ4n) is 6.46. The molecule has 2 bridgehead atoms. The summed E-state index contributed by atoms with van der Waals surface area (Å²) in [5.41, 5.74) is 0. The monoisotopic (exact) mass is 520 g/mol. The van der Waals surface area contributed by atoms with Crippen molar-refractivity contribution in [3.05, 3.63) is 25.3 Å². The molecule has 9 nitrogen and oxygen atoms in total. The third-order valence-corrected chi connectivity index (χ3v) is 10.2. The van der Waals surface area contributed by atoms with Gasteiger partial charge in [-0.25, -0.2) is 0 Å². The molecule has 3 amide bonds. The Morgan fingerprint density at radius 2 is 1.94 bits per heavy atom. The standard InChI is InChI=1S/C26H40N4O5S/c1-5-9-27(4)23(32)20-19-7-8-26(36-19)21(20)24(33)30(18(3)17-31)22(26)25(34)29(10-6-2)12-11-28-13-15-35-16-14-28/h5-6,18-22,31H,1-2,7-17H2,3-4H3/t18-,19-,20+,21+,22?,26?/m1/s1. The van der Waals surface area contributed by atoms with Crippen LogP contribution in [0.25, 0.3) is 0 Å². The highest BCUT2D eigenvalue weighted by molar-refractivity contribution is 8.02. The lowest BCUT2D eigenvalue weighted by molar-refractivity contribution is -0.146. The van der Waals surface area contributed by atoms with E-state index < -0.39 is 28.7 Å². The van der Waals surface area contributed by atoms with E-state index >= 15 is 0 Å². The molecule has 4 rings (SSSR count). The maximum Gasteiger partial charge on any atom is 0.247 e. The molecule has 4 fully saturated rings. The molecule has 2 unspecified atom stereocenters. The molecule has 0 aromatic rings. The number of hydrogen-bond donors (Lipinski definition) is 1. The molecular formula is C26H40N4O5S. The Bertz CT molecular complexity index is 880. The van der Waals surface area contributed by atoms with Crippen LogP contribution in [0.4, 0.5) is 0 Å². The molecule has 0 aromatic carbocycles. The van der Waals surface area contributed by atoms with Crippen molar-refractivity contribution in [2.45, 2.75) is 41.8 Å². The first-order valence-corrected chi connectivity index (χ1v) is 13.8. The van der Waals surface area contributed by atoms with Gasteiger partial charge >= 0.3 is 0 Å². The minimum Gasteiger partial charge on any atom is -0.394 e. The summed E-state index contributed by atoms with van der Waals surface area (Å²) in [6, 6.07) is -1.23. The third kappa shape index (κ3) is 4.61. The quantitative estimate of drug-likeness (QED) is 0.396. The zero-order valence-corrected chi connectivity index (χ0v) is 22.3. The van der Waals surface area contributed by atoms with Gasteiger partial charge in [-0.15, -0.1) is 24.9 Å². The zero-order chi connectivity index (χ0) is 26.0. The highest BCUT2D eigenvalue weighted by atomic mass is 32.2. The lowest BCUT2D eigenvalue weighted by atomic mass is 9.70. The summed E-state index contributed by atoms with van der Waals surface area (Å²) in [6.07, 6.45) is 4.91. The number of nitrogens with zero attached hydrogens (tertiary/aromatic N) is 4. The number of amides is 3. The fraction of sp³-hybridized carbons (Fsp3) is 0.731. The van der Waals surface area contributed by atoms with Crippen LogP contribution in [0.5, 0.6) is 0 Å². The molecule has 4 aliphatic rings. The third-order valence-electron chi connectivity index (χ3n) is 8.23. The maximum atomic E-state index is 14.3. The molecular weight excluding hydrogens is 480 g/mol. The molecule has 0 saturated carbocycles. The van der Waals surface area contributed by atoms with Crippen LogP contribution < -0.4 is 0 Å². The number of likely N-dealkylation sites (tertiary alicyclic amines) is 1. The molecule has 0 aliphatic carbocycles. The number of likely N-dealkylation sites (N-methyl/N-ethyl adjacent to an activating group) is 1. The van der Waals surface area contributed by atoms with Gasteiger partial charge in [0.15, 0.2) is 0 Å². The first-order valence-electron chi connectivity index (χ1n) is 13.0. The Hall–Kier alpha value is -1.88. The van der Waals surface area contributed by atoms with Gasteiger partial charge in [0.2, 0.25) is 17.7 Å². The minimum atomic E-state index is -0.709. The second kappa shape index (κ2) is 11.2. The zero-order valence-electron chi connectivity index (χ0n) is 21.5. The lowest BCUT2D eigenvalue weighted by Gasteiger charge is -2.39. The van der Waals surface area contributed by atoms with Crippen LogP contribution in [-0.2, 0) is 19.1 Å². The van der Waals surface area contributed by atoms with Crippen LogP contribution in [0, 0.1) is 11.8 Å².